The minimum atomic E-state index is -1.18. The van der Waals surface area contributed by atoms with Gasteiger partial charge in [0.05, 0.1) is 14.2 Å². The van der Waals surface area contributed by atoms with E-state index in [1.165, 1.54) is 14.0 Å². The average Bonchev–Trinajstić information content (AvgIpc) is 2.46. The van der Waals surface area contributed by atoms with E-state index in [0.29, 0.717) is 5.75 Å². The van der Waals surface area contributed by atoms with Crippen LogP contribution in [0.1, 0.15) is 12.5 Å². The van der Waals surface area contributed by atoms with Crippen molar-refractivity contribution >= 4 is 11.9 Å². The molecule has 1 amide bonds. The topological polar surface area (TPSA) is 84.9 Å². The number of methoxy groups -OCH3 is 2. The van der Waals surface area contributed by atoms with E-state index in [9.17, 15) is 14.7 Å². The van der Waals surface area contributed by atoms with E-state index in [4.69, 9.17) is 4.74 Å². The number of hydrogen-bond acceptors (Lipinski definition) is 5. The van der Waals surface area contributed by atoms with Crippen molar-refractivity contribution in [1.29, 1.82) is 0 Å². The van der Waals surface area contributed by atoms with E-state index >= 15 is 0 Å². The molecule has 0 unspecified atom stereocenters. The lowest BCUT2D eigenvalue weighted by Crippen LogP contribution is -2.46. The molecule has 6 heteroatoms. The number of amides is 1. The number of carbonyl (C=O) groups excluding carboxylic acids is 2. The monoisotopic (exact) mass is 281 g/mol. The van der Waals surface area contributed by atoms with Crippen molar-refractivity contribution in [1.82, 2.24) is 5.32 Å². The molecule has 0 aromatic heterocycles. The summed E-state index contributed by atoms with van der Waals surface area (Å²) < 4.78 is 9.69. The fraction of sp³-hybridized carbons (Fsp3) is 0.429. The molecule has 0 radical (unpaired) electrons. The highest BCUT2D eigenvalue weighted by molar-refractivity contribution is 5.86. The molecule has 1 rings (SSSR count). The summed E-state index contributed by atoms with van der Waals surface area (Å²) in [5, 5.41) is 11.6. The van der Waals surface area contributed by atoms with Gasteiger partial charge >= 0.3 is 5.97 Å². The third kappa shape index (κ3) is 4.55. The number of aliphatic hydroxyl groups excluding tert-OH is 1. The van der Waals surface area contributed by atoms with Gasteiger partial charge in [-0.3, -0.25) is 4.79 Å². The highest BCUT2D eigenvalue weighted by Crippen LogP contribution is 2.13. The van der Waals surface area contributed by atoms with Crippen molar-refractivity contribution in [2.45, 2.75) is 25.5 Å². The first-order valence-corrected chi connectivity index (χ1v) is 6.17. The van der Waals surface area contributed by atoms with Gasteiger partial charge in [-0.05, 0) is 24.6 Å². The molecule has 2 N–H and O–H groups in total. The van der Waals surface area contributed by atoms with Gasteiger partial charge in [0.25, 0.3) is 0 Å². The fourth-order valence-corrected chi connectivity index (χ4v) is 1.63. The van der Waals surface area contributed by atoms with Crippen molar-refractivity contribution < 1.29 is 24.2 Å². The van der Waals surface area contributed by atoms with Gasteiger partial charge in [-0.15, -0.1) is 0 Å². The summed E-state index contributed by atoms with van der Waals surface area (Å²) in [6.07, 6.45) is -0.909. The van der Waals surface area contributed by atoms with Crippen LogP contribution in [0.2, 0.25) is 0 Å². The second-order valence-corrected chi connectivity index (χ2v) is 4.31. The number of esters is 1. The summed E-state index contributed by atoms with van der Waals surface area (Å²) in [5.74, 6) is -0.472. The predicted octanol–water partition coefficient (Wildman–Crippen LogP) is 0.276. The molecule has 0 spiro atoms. The summed E-state index contributed by atoms with van der Waals surface area (Å²) in [6.45, 7) is 1.33. The molecule has 6 nitrogen and oxygen atoms in total. The van der Waals surface area contributed by atoms with Crippen molar-refractivity contribution in [3.8, 4) is 5.75 Å². The molecule has 0 aliphatic carbocycles. The maximum Gasteiger partial charge on any atom is 0.328 e. The Morgan fingerprint density at radius 1 is 1.25 bits per heavy atom. The molecule has 20 heavy (non-hydrogen) atoms. The number of nitrogens with one attached hydrogen (secondary N) is 1. The Labute approximate surface area is 117 Å². The molecule has 0 saturated heterocycles. The Morgan fingerprint density at radius 2 is 1.85 bits per heavy atom. The van der Waals surface area contributed by atoms with Crippen LogP contribution in [-0.4, -0.2) is 43.3 Å². The van der Waals surface area contributed by atoms with E-state index in [0.717, 1.165) is 5.56 Å². The zero-order chi connectivity index (χ0) is 15.1. The van der Waals surface area contributed by atoms with Crippen LogP contribution in [0.4, 0.5) is 0 Å². The van der Waals surface area contributed by atoms with Crippen LogP contribution < -0.4 is 10.1 Å². The zero-order valence-electron chi connectivity index (χ0n) is 11.8. The van der Waals surface area contributed by atoms with Crippen LogP contribution in [0.25, 0.3) is 0 Å². The van der Waals surface area contributed by atoms with Gasteiger partial charge in [-0.1, -0.05) is 12.1 Å². The Morgan fingerprint density at radius 3 is 2.30 bits per heavy atom. The highest BCUT2D eigenvalue weighted by Gasteiger charge is 2.23. The number of ether oxygens (including phenoxy) is 2. The second-order valence-electron chi connectivity index (χ2n) is 4.31. The van der Waals surface area contributed by atoms with Gasteiger partial charge < -0.3 is 19.9 Å². The molecule has 2 atom stereocenters. The minimum Gasteiger partial charge on any atom is -0.497 e. The molecule has 110 valence electrons. The first kappa shape index (κ1) is 16.0. The molecule has 0 fully saturated rings. The Hall–Kier alpha value is -2.08. The molecule has 0 heterocycles. The lowest BCUT2D eigenvalue weighted by Gasteiger charge is -2.17. The maximum atomic E-state index is 11.7. The lowest BCUT2D eigenvalue weighted by molar-refractivity contribution is -0.146. The number of benzene rings is 1. The largest absolute Gasteiger partial charge is 0.497 e. The van der Waals surface area contributed by atoms with Crippen molar-refractivity contribution in [2.24, 2.45) is 0 Å². The third-order valence-electron chi connectivity index (χ3n) is 2.78. The quantitative estimate of drug-likeness (QED) is 0.731. The molecule has 0 aliphatic rings. The minimum absolute atomic E-state index is 0.273. The van der Waals surface area contributed by atoms with Gasteiger partial charge in [-0.25, -0.2) is 4.79 Å². The Balaban J connectivity index is 2.78. The highest BCUT2D eigenvalue weighted by atomic mass is 16.5. The average molecular weight is 281 g/mol. The summed E-state index contributed by atoms with van der Waals surface area (Å²) in [7, 11) is 2.81. The molecule has 0 saturated carbocycles. The van der Waals surface area contributed by atoms with Crippen LogP contribution in [0.3, 0.4) is 0 Å². The summed E-state index contributed by atoms with van der Waals surface area (Å²) in [4.78, 5) is 23.1. The van der Waals surface area contributed by atoms with E-state index in [-0.39, 0.29) is 6.42 Å². The molecule has 0 aliphatic heterocycles. The fourth-order valence-electron chi connectivity index (χ4n) is 1.63. The second kappa shape index (κ2) is 7.49. The van der Waals surface area contributed by atoms with E-state index in [2.05, 4.69) is 10.1 Å². The van der Waals surface area contributed by atoms with Crippen molar-refractivity contribution in [2.75, 3.05) is 14.2 Å². The molecule has 1 aromatic rings. The molecular weight excluding hydrogens is 262 g/mol. The molecule has 1 aromatic carbocycles. The van der Waals surface area contributed by atoms with Crippen LogP contribution in [-0.2, 0) is 20.7 Å². The Kier molecular flexibility index (Phi) is 5.99. The van der Waals surface area contributed by atoms with Gasteiger partial charge in [0, 0.05) is 6.42 Å². The van der Waals surface area contributed by atoms with Gasteiger partial charge in [-0.2, -0.15) is 0 Å². The van der Waals surface area contributed by atoms with Crippen LogP contribution in [0.5, 0.6) is 5.75 Å². The van der Waals surface area contributed by atoms with Crippen LogP contribution >= 0.6 is 0 Å². The standard InChI is InChI=1S/C14H19NO5/c1-9(16)13(17)15-12(14(18)20-3)8-10-4-6-11(19-2)7-5-10/h4-7,9,12,16H,8H2,1-3H3,(H,15,17)/t9-,12+/m1/s1. The van der Waals surface area contributed by atoms with Crippen molar-refractivity contribution in [3.63, 3.8) is 0 Å². The first-order chi connectivity index (χ1) is 9.47. The number of carbonyl (C=O) groups is 2. The summed E-state index contributed by atoms with van der Waals surface area (Å²) >= 11 is 0. The van der Waals surface area contributed by atoms with E-state index in [1.54, 1.807) is 31.4 Å². The number of aliphatic hydroxyl groups is 1. The predicted molar refractivity (Wildman–Crippen MR) is 72.3 cm³/mol. The van der Waals surface area contributed by atoms with Gasteiger partial charge in [0.2, 0.25) is 5.91 Å². The van der Waals surface area contributed by atoms with Gasteiger partial charge in [0.15, 0.2) is 0 Å². The Bertz CT molecular complexity index is 455. The number of rotatable bonds is 6. The van der Waals surface area contributed by atoms with Crippen LogP contribution in [0.15, 0.2) is 24.3 Å². The summed E-state index contributed by atoms with van der Waals surface area (Å²) in [6, 6.07) is 6.28. The van der Waals surface area contributed by atoms with E-state index in [1.807, 2.05) is 0 Å². The van der Waals surface area contributed by atoms with Crippen molar-refractivity contribution in [3.05, 3.63) is 29.8 Å². The van der Waals surface area contributed by atoms with E-state index < -0.39 is 24.0 Å². The SMILES string of the molecule is COC(=O)[C@H](Cc1ccc(OC)cc1)NC(=O)[C@@H](C)O. The molecular formula is C14H19NO5. The normalized spacial score (nSPS) is 13.2. The number of hydrogen-bond donors (Lipinski definition) is 2. The zero-order valence-corrected chi connectivity index (χ0v) is 11.8. The third-order valence-corrected chi connectivity index (χ3v) is 2.78. The summed E-state index contributed by atoms with van der Waals surface area (Å²) in [5.41, 5.74) is 0.840. The van der Waals surface area contributed by atoms with Gasteiger partial charge in [0.1, 0.15) is 17.9 Å². The maximum absolute atomic E-state index is 11.7. The first-order valence-electron chi connectivity index (χ1n) is 6.17. The van der Waals surface area contributed by atoms with Crippen LogP contribution in [0, 0.1) is 0 Å². The lowest BCUT2D eigenvalue weighted by atomic mass is 10.1. The molecule has 0 bridgehead atoms. The smallest absolute Gasteiger partial charge is 0.328 e.